The monoisotopic (exact) mass is 398 g/mol. The van der Waals surface area contributed by atoms with Crippen LogP contribution in [0.25, 0.3) is 16.7 Å². The first-order chi connectivity index (χ1) is 12.2. The highest BCUT2D eigenvalue weighted by Crippen LogP contribution is 2.17. The van der Waals surface area contributed by atoms with E-state index in [4.69, 9.17) is 0 Å². The zero-order valence-electron chi connectivity index (χ0n) is 12.9. The van der Waals surface area contributed by atoms with E-state index >= 15 is 0 Å². The number of hydrogen-bond donors (Lipinski definition) is 3. The Hall–Kier alpha value is -3.07. The van der Waals surface area contributed by atoms with Gasteiger partial charge in [0.15, 0.2) is 5.21 Å². The second-order valence-corrected chi connectivity index (χ2v) is 6.26. The Kier molecular flexibility index (Phi) is 3.98. The van der Waals surface area contributed by atoms with Crippen LogP contribution in [-0.2, 0) is 6.54 Å². The van der Waals surface area contributed by atoms with E-state index in [9.17, 15) is 4.79 Å². The minimum Gasteiger partial charge on any atom is -0.345 e. The molecule has 8 nitrogen and oxygen atoms in total. The number of H-pyrrole nitrogens is 2. The standard InChI is InChI=1S/C16H12BrN7O/c17-10-5-6-14(24-9-19-22-23-24)11(7-10)16(25)18-8-15-20-12-3-1-2-4-13(12)21-15/h1-7,9H,8H2,(H2,18,20,21,25)/p+1. The van der Waals surface area contributed by atoms with Crippen LogP contribution in [-0.4, -0.2) is 31.4 Å². The molecule has 0 aliphatic rings. The number of carbonyl (C=O) groups excluding carboxylic acids is 1. The average Bonchev–Trinajstić information content (AvgIpc) is 3.28. The number of amides is 1. The van der Waals surface area contributed by atoms with Crippen LogP contribution in [0.3, 0.4) is 0 Å². The molecule has 25 heavy (non-hydrogen) atoms. The minimum atomic E-state index is -0.223. The number of carbonyl (C=O) groups is 1. The molecule has 9 heteroatoms. The SMILES string of the molecule is O=C(NCc1nc2ccccc2[nH]1)c1cc(Br)ccc1-[n+]1cnn[nH]1. The van der Waals surface area contributed by atoms with E-state index in [-0.39, 0.29) is 5.91 Å². The lowest BCUT2D eigenvalue weighted by Gasteiger charge is -2.07. The van der Waals surface area contributed by atoms with Crippen molar-refractivity contribution in [2.75, 3.05) is 0 Å². The van der Waals surface area contributed by atoms with E-state index < -0.39 is 0 Å². The van der Waals surface area contributed by atoms with Gasteiger partial charge in [-0.1, -0.05) is 33.3 Å². The van der Waals surface area contributed by atoms with Crippen molar-refractivity contribution in [3.8, 4) is 5.69 Å². The Labute approximate surface area is 150 Å². The highest BCUT2D eigenvalue weighted by molar-refractivity contribution is 9.10. The number of halogens is 1. The Bertz CT molecular complexity index is 1010. The van der Waals surface area contributed by atoms with Crippen molar-refractivity contribution in [3.05, 3.63) is 64.7 Å². The summed E-state index contributed by atoms with van der Waals surface area (Å²) in [5.41, 5.74) is 2.94. The van der Waals surface area contributed by atoms with Gasteiger partial charge in [0.2, 0.25) is 0 Å². The van der Waals surface area contributed by atoms with Gasteiger partial charge < -0.3 is 10.3 Å². The number of nitrogens with zero attached hydrogens (tertiary/aromatic N) is 4. The molecular weight excluding hydrogens is 386 g/mol. The molecule has 0 fully saturated rings. The van der Waals surface area contributed by atoms with Crippen LogP contribution in [0.15, 0.2) is 53.3 Å². The summed E-state index contributed by atoms with van der Waals surface area (Å²) >= 11 is 3.40. The maximum absolute atomic E-state index is 12.7. The molecule has 0 aliphatic heterocycles. The molecule has 0 saturated heterocycles. The van der Waals surface area contributed by atoms with Gasteiger partial charge in [0.1, 0.15) is 16.6 Å². The van der Waals surface area contributed by atoms with Crippen LogP contribution in [0.1, 0.15) is 16.2 Å². The van der Waals surface area contributed by atoms with E-state index in [2.05, 4.69) is 46.7 Å². The molecule has 4 rings (SSSR count). The van der Waals surface area contributed by atoms with Crippen molar-refractivity contribution in [1.29, 1.82) is 0 Å². The van der Waals surface area contributed by atoms with Crippen molar-refractivity contribution in [3.63, 3.8) is 0 Å². The molecule has 0 aliphatic carbocycles. The van der Waals surface area contributed by atoms with E-state index in [1.165, 1.54) is 6.33 Å². The molecule has 3 N–H and O–H groups in total. The van der Waals surface area contributed by atoms with Crippen LogP contribution < -0.4 is 10.00 Å². The van der Waals surface area contributed by atoms with Crippen molar-refractivity contribution in [2.24, 2.45) is 0 Å². The first-order valence-corrected chi connectivity index (χ1v) is 8.29. The van der Waals surface area contributed by atoms with Crippen LogP contribution in [0, 0.1) is 0 Å². The zero-order chi connectivity index (χ0) is 17.2. The van der Waals surface area contributed by atoms with Gasteiger partial charge in [-0.05, 0) is 30.3 Å². The summed E-state index contributed by atoms with van der Waals surface area (Å²) in [6, 6.07) is 13.1. The first kappa shape index (κ1) is 15.5. The van der Waals surface area contributed by atoms with Gasteiger partial charge in [0.05, 0.1) is 23.1 Å². The Balaban J connectivity index is 1.57. The van der Waals surface area contributed by atoms with Gasteiger partial charge in [0.25, 0.3) is 12.2 Å². The summed E-state index contributed by atoms with van der Waals surface area (Å²) in [7, 11) is 0. The molecule has 124 valence electrons. The van der Waals surface area contributed by atoms with Crippen LogP contribution in [0.2, 0.25) is 0 Å². The Morgan fingerprint density at radius 1 is 1.24 bits per heavy atom. The predicted molar refractivity (Wildman–Crippen MR) is 92.9 cm³/mol. The van der Waals surface area contributed by atoms with Gasteiger partial charge in [-0.2, -0.15) is 0 Å². The fourth-order valence-electron chi connectivity index (χ4n) is 2.54. The van der Waals surface area contributed by atoms with Crippen molar-refractivity contribution in [2.45, 2.75) is 6.54 Å². The van der Waals surface area contributed by atoms with Gasteiger partial charge in [0, 0.05) is 4.47 Å². The number of hydrogen-bond acceptors (Lipinski definition) is 4. The van der Waals surface area contributed by atoms with Crippen LogP contribution in [0.5, 0.6) is 0 Å². The highest BCUT2D eigenvalue weighted by atomic mass is 79.9. The Morgan fingerprint density at radius 2 is 2.12 bits per heavy atom. The third-order valence-corrected chi connectivity index (χ3v) is 4.19. The smallest absolute Gasteiger partial charge is 0.293 e. The van der Waals surface area contributed by atoms with Crippen LogP contribution >= 0.6 is 15.9 Å². The predicted octanol–water partition coefficient (Wildman–Crippen LogP) is 1.65. The first-order valence-electron chi connectivity index (χ1n) is 7.50. The summed E-state index contributed by atoms with van der Waals surface area (Å²) in [6.07, 6.45) is 1.50. The molecule has 2 heterocycles. The summed E-state index contributed by atoms with van der Waals surface area (Å²) in [5, 5.41) is 13.0. The van der Waals surface area contributed by atoms with Gasteiger partial charge in [-0.25, -0.2) is 4.98 Å². The molecule has 0 saturated carbocycles. The number of nitrogens with one attached hydrogen (secondary N) is 3. The maximum Gasteiger partial charge on any atom is 0.293 e. The average molecular weight is 399 g/mol. The molecule has 2 aromatic heterocycles. The molecular formula is C16H13BrN7O+. The third kappa shape index (κ3) is 3.13. The van der Waals surface area contributed by atoms with Crippen LogP contribution in [0.4, 0.5) is 0 Å². The normalized spacial score (nSPS) is 10.9. The Morgan fingerprint density at radius 3 is 2.92 bits per heavy atom. The van der Waals surface area contributed by atoms with Gasteiger partial charge in [-0.3, -0.25) is 4.79 Å². The fraction of sp³-hybridized carbons (Fsp3) is 0.0625. The number of tetrazole rings is 1. The van der Waals surface area contributed by atoms with Gasteiger partial charge in [-0.15, -0.1) is 4.68 Å². The number of rotatable bonds is 4. The molecule has 0 spiro atoms. The van der Waals surface area contributed by atoms with E-state index in [0.29, 0.717) is 23.6 Å². The highest BCUT2D eigenvalue weighted by Gasteiger charge is 2.17. The second kappa shape index (κ2) is 6.44. The number of fused-ring (bicyclic) bond motifs is 1. The number of aromatic nitrogens is 6. The molecule has 2 aromatic carbocycles. The van der Waals surface area contributed by atoms with E-state index in [0.717, 1.165) is 15.5 Å². The maximum atomic E-state index is 12.7. The molecule has 0 unspecified atom stereocenters. The molecule has 1 amide bonds. The van der Waals surface area contributed by atoms with Crippen molar-refractivity contribution < 1.29 is 9.48 Å². The molecule has 0 radical (unpaired) electrons. The lowest BCUT2D eigenvalue weighted by atomic mass is 10.1. The quantitative estimate of drug-likeness (QED) is 0.454. The zero-order valence-corrected chi connectivity index (χ0v) is 14.5. The summed E-state index contributed by atoms with van der Waals surface area (Å²) in [4.78, 5) is 20.3. The number of para-hydroxylation sites is 2. The molecule has 0 bridgehead atoms. The topological polar surface area (TPSA) is 103 Å². The lowest BCUT2D eigenvalue weighted by Crippen LogP contribution is -2.36. The summed E-state index contributed by atoms with van der Waals surface area (Å²) in [6.45, 7) is 0.297. The van der Waals surface area contributed by atoms with Crippen molar-refractivity contribution >= 4 is 32.9 Å². The molecule has 4 aromatic rings. The lowest BCUT2D eigenvalue weighted by molar-refractivity contribution is -0.660. The van der Waals surface area contributed by atoms with E-state index in [1.54, 1.807) is 16.8 Å². The van der Waals surface area contributed by atoms with Crippen molar-refractivity contribution in [1.82, 2.24) is 30.8 Å². The van der Waals surface area contributed by atoms with Gasteiger partial charge >= 0.3 is 0 Å². The fourth-order valence-corrected chi connectivity index (χ4v) is 2.90. The number of aromatic amines is 2. The second-order valence-electron chi connectivity index (χ2n) is 5.35. The number of imidazole rings is 1. The summed E-state index contributed by atoms with van der Waals surface area (Å²) in [5.74, 6) is 0.473. The molecule has 0 atom stereocenters. The minimum absolute atomic E-state index is 0.223. The summed E-state index contributed by atoms with van der Waals surface area (Å²) < 4.78 is 2.38. The third-order valence-electron chi connectivity index (χ3n) is 3.69. The largest absolute Gasteiger partial charge is 0.345 e. The van der Waals surface area contributed by atoms with E-state index in [1.807, 2.05) is 30.3 Å². The number of benzene rings is 2.